The molecule has 8 nitrogen and oxygen atoms in total. The number of nitrogens with one attached hydrogen (secondary N) is 1. The molecule has 0 unspecified atom stereocenters. The van der Waals surface area contributed by atoms with E-state index in [1.807, 2.05) is 6.07 Å². The van der Waals surface area contributed by atoms with Gasteiger partial charge in [0, 0.05) is 6.54 Å². The molecule has 2 amide bonds. The molecule has 1 aromatic rings. The van der Waals surface area contributed by atoms with Gasteiger partial charge in [0.05, 0.1) is 7.11 Å². The Morgan fingerprint density at radius 3 is 2.24 bits per heavy atom. The van der Waals surface area contributed by atoms with Crippen LogP contribution in [0.4, 0.5) is 22.8 Å². The summed E-state index contributed by atoms with van der Waals surface area (Å²) in [5, 5.41) is 2.40. The number of esters is 1. The maximum atomic E-state index is 12.9. The molecule has 0 aliphatic carbocycles. The Morgan fingerprint density at radius 2 is 1.70 bits per heavy atom. The van der Waals surface area contributed by atoms with E-state index in [2.05, 4.69) is 10.1 Å². The van der Waals surface area contributed by atoms with Crippen molar-refractivity contribution in [2.24, 2.45) is 0 Å². The number of carbonyl (C=O) groups is 3. The lowest BCUT2D eigenvalue weighted by Gasteiger charge is -2.28. The highest BCUT2D eigenvalue weighted by molar-refractivity contribution is 5.81. The van der Waals surface area contributed by atoms with Crippen LogP contribution in [-0.2, 0) is 25.6 Å². The molecule has 0 aliphatic heterocycles. The van der Waals surface area contributed by atoms with Crippen molar-refractivity contribution in [1.29, 1.82) is 0 Å². The molecule has 0 radical (unpaired) electrons. The predicted molar refractivity (Wildman–Crippen MR) is 113 cm³/mol. The quantitative estimate of drug-likeness (QED) is 0.305. The first-order chi connectivity index (χ1) is 15.3. The standard InChI is InChI=1S/C22H31F3N2O6/c1-21(2,3)33-20(30)27(15-22(23,24)25)13-9-8-12-17(18(28)31-4)26-19(29)32-14-16-10-6-5-7-11-16/h5-7,10-11,17H,8-9,12-15H2,1-4H3,(H,26,29)/t17-/m0/s1. The molecule has 0 bridgehead atoms. The van der Waals surface area contributed by atoms with Crippen LogP contribution >= 0.6 is 0 Å². The number of hydrogen-bond acceptors (Lipinski definition) is 6. The molecule has 186 valence electrons. The summed E-state index contributed by atoms with van der Waals surface area (Å²) in [4.78, 5) is 36.7. The number of nitrogens with zero attached hydrogens (tertiary/aromatic N) is 1. The number of hydrogen-bond donors (Lipinski definition) is 1. The van der Waals surface area contributed by atoms with E-state index in [0.29, 0.717) is 4.90 Å². The average Bonchev–Trinajstić information content (AvgIpc) is 2.71. The van der Waals surface area contributed by atoms with Crippen molar-refractivity contribution in [3.05, 3.63) is 35.9 Å². The lowest BCUT2D eigenvalue weighted by molar-refractivity contribution is -0.144. The van der Waals surface area contributed by atoms with Gasteiger partial charge in [-0.3, -0.25) is 4.90 Å². The number of unbranched alkanes of at least 4 members (excludes halogenated alkanes) is 1. The summed E-state index contributed by atoms with van der Waals surface area (Å²) in [6, 6.07) is 7.87. The first-order valence-electron chi connectivity index (χ1n) is 10.4. The van der Waals surface area contributed by atoms with Crippen molar-refractivity contribution in [1.82, 2.24) is 10.2 Å². The van der Waals surface area contributed by atoms with Crippen LogP contribution in [-0.4, -0.2) is 61.1 Å². The highest BCUT2D eigenvalue weighted by atomic mass is 19.4. The number of carbonyl (C=O) groups excluding carboxylic acids is 3. The van der Waals surface area contributed by atoms with Crippen LogP contribution in [0.25, 0.3) is 0 Å². The summed E-state index contributed by atoms with van der Waals surface area (Å²) in [5.41, 5.74) is -0.185. The number of benzene rings is 1. The summed E-state index contributed by atoms with van der Waals surface area (Å²) >= 11 is 0. The number of methoxy groups -OCH3 is 1. The number of amides is 2. The molecular weight excluding hydrogens is 445 g/mol. The molecule has 1 aromatic carbocycles. The van der Waals surface area contributed by atoms with E-state index in [1.54, 1.807) is 45.0 Å². The van der Waals surface area contributed by atoms with Crippen LogP contribution in [0.5, 0.6) is 0 Å². The fraction of sp³-hybridized carbons (Fsp3) is 0.591. The molecule has 0 heterocycles. The molecule has 11 heteroatoms. The van der Waals surface area contributed by atoms with Crippen LogP contribution in [0.1, 0.15) is 45.6 Å². The Bertz CT molecular complexity index is 766. The molecule has 1 N–H and O–H groups in total. The molecule has 0 aromatic heterocycles. The molecule has 33 heavy (non-hydrogen) atoms. The van der Waals surface area contributed by atoms with E-state index >= 15 is 0 Å². The van der Waals surface area contributed by atoms with E-state index < -0.39 is 42.5 Å². The summed E-state index contributed by atoms with van der Waals surface area (Å²) in [7, 11) is 1.15. The van der Waals surface area contributed by atoms with Crippen molar-refractivity contribution in [3.8, 4) is 0 Å². The van der Waals surface area contributed by atoms with E-state index in [1.165, 1.54) is 0 Å². The fourth-order valence-corrected chi connectivity index (χ4v) is 2.73. The molecule has 0 aliphatic rings. The largest absolute Gasteiger partial charge is 0.467 e. The Balaban J connectivity index is 2.59. The van der Waals surface area contributed by atoms with Gasteiger partial charge in [0.25, 0.3) is 0 Å². The second-order valence-corrected chi connectivity index (χ2v) is 8.29. The van der Waals surface area contributed by atoms with Crippen LogP contribution in [0.2, 0.25) is 0 Å². The zero-order valence-corrected chi connectivity index (χ0v) is 19.2. The molecule has 1 atom stereocenters. The number of ether oxygens (including phenoxy) is 3. The number of alkyl carbamates (subject to hydrolysis) is 1. The SMILES string of the molecule is COC(=O)[C@H](CCCCN(CC(F)(F)F)C(=O)OC(C)(C)C)NC(=O)OCc1ccccc1. The maximum Gasteiger partial charge on any atom is 0.410 e. The minimum atomic E-state index is -4.59. The second kappa shape index (κ2) is 12.9. The van der Waals surface area contributed by atoms with Crippen molar-refractivity contribution in [3.63, 3.8) is 0 Å². The number of alkyl halides is 3. The molecular formula is C22H31F3N2O6. The van der Waals surface area contributed by atoms with Crippen molar-refractivity contribution < 1.29 is 41.8 Å². The van der Waals surface area contributed by atoms with Crippen LogP contribution in [0.15, 0.2) is 30.3 Å². The van der Waals surface area contributed by atoms with E-state index in [-0.39, 0.29) is 32.4 Å². The van der Waals surface area contributed by atoms with Gasteiger partial charge >= 0.3 is 24.3 Å². The zero-order chi connectivity index (χ0) is 25.1. The van der Waals surface area contributed by atoms with Crippen molar-refractivity contribution in [2.45, 2.75) is 64.5 Å². The van der Waals surface area contributed by atoms with E-state index in [0.717, 1.165) is 12.7 Å². The van der Waals surface area contributed by atoms with Crippen molar-refractivity contribution >= 4 is 18.2 Å². The molecule has 0 fully saturated rings. The lowest BCUT2D eigenvalue weighted by atomic mass is 10.1. The van der Waals surface area contributed by atoms with Crippen LogP contribution in [0.3, 0.4) is 0 Å². The third-order valence-corrected chi connectivity index (χ3v) is 4.18. The van der Waals surface area contributed by atoms with Gasteiger partial charge in [-0.1, -0.05) is 30.3 Å². The van der Waals surface area contributed by atoms with Gasteiger partial charge in [0.2, 0.25) is 0 Å². The fourth-order valence-electron chi connectivity index (χ4n) is 2.73. The lowest BCUT2D eigenvalue weighted by Crippen LogP contribution is -2.43. The second-order valence-electron chi connectivity index (χ2n) is 8.29. The van der Waals surface area contributed by atoms with Crippen LogP contribution < -0.4 is 5.32 Å². The smallest absolute Gasteiger partial charge is 0.410 e. The highest BCUT2D eigenvalue weighted by Gasteiger charge is 2.34. The van der Waals surface area contributed by atoms with Gasteiger partial charge in [-0.2, -0.15) is 13.2 Å². The minimum Gasteiger partial charge on any atom is -0.467 e. The Labute approximate surface area is 191 Å². The van der Waals surface area contributed by atoms with Gasteiger partial charge in [-0.15, -0.1) is 0 Å². The van der Waals surface area contributed by atoms with Gasteiger partial charge in [-0.25, -0.2) is 14.4 Å². The predicted octanol–water partition coefficient (Wildman–Crippen LogP) is 4.42. The number of rotatable bonds is 10. The Kier molecular flexibility index (Phi) is 11.0. The summed E-state index contributed by atoms with van der Waals surface area (Å²) in [6.45, 7) is 2.98. The summed E-state index contributed by atoms with van der Waals surface area (Å²) < 4.78 is 53.3. The van der Waals surface area contributed by atoms with Crippen LogP contribution in [0, 0.1) is 0 Å². The maximum absolute atomic E-state index is 12.9. The molecule has 0 saturated carbocycles. The minimum absolute atomic E-state index is 0.00283. The monoisotopic (exact) mass is 476 g/mol. The van der Waals surface area contributed by atoms with E-state index in [9.17, 15) is 27.6 Å². The molecule has 1 rings (SSSR count). The first kappa shape index (κ1) is 28.1. The zero-order valence-electron chi connectivity index (χ0n) is 19.2. The Hall–Kier alpha value is -2.98. The van der Waals surface area contributed by atoms with Gasteiger partial charge in [0.1, 0.15) is 24.8 Å². The highest BCUT2D eigenvalue weighted by Crippen LogP contribution is 2.19. The molecule has 0 spiro atoms. The van der Waals surface area contributed by atoms with E-state index in [4.69, 9.17) is 9.47 Å². The van der Waals surface area contributed by atoms with Gasteiger partial charge in [-0.05, 0) is 45.6 Å². The third-order valence-electron chi connectivity index (χ3n) is 4.18. The van der Waals surface area contributed by atoms with Gasteiger partial charge in [0.15, 0.2) is 0 Å². The topological polar surface area (TPSA) is 94.2 Å². The Morgan fingerprint density at radius 1 is 1.06 bits per heavy atom. The average molecular weight is 476 g/mol. The summed E-state index contributed by atoms with van der Waals surface area (Å²) in [5.74, 6) is -0.717. The normalized spacial score (nSPS) is 12.5. The van der Waals surface area contributed by atoms with Gasteiger partial charge < -0.3 is 19.5 Å². The number of halogens is 3. The summed E-state index contributed by atoms with van der Waals surface area (Å²) in [6.07, 6.45) is -6.04. The van der Waals surface area contributed by atoms with Crippen molar-refractivity contribution in [2.75, 3.05) is 20.2 Å². The first-order valence-corrected chi connectivity index (χ1v) is 10.4. The molecule has 0 saturated heterocycles. The third kappa shape index (κ3) is 12.6.